The maximum absolute atomic E-state index is 13.1. The lowest BCUT2D eigenvalue weighted by Crippen LogP contribution is -2.32. The Morgan fingerprint density at radius 2 is 1.70 bits per heavy atom. The molecule has 1 aliphatic rings. The maximum Gasteiger partial charge on any atom is 0.293 e. The SMILES string of the molecule is CCOc1cc(/C=C2\SC(=O)N(CCOc3cccc4ccccc34)C2=O)cc(Br)c1OCc1ccccc1Cl. The molecule has 9 heteroatoms. The summed E-state index contributed by atoms with van der Waals surface area (Å²) in [5.41, 5.74) is 1.54. The first-order valence-corrected chi connectivity index (χ1v) is 14.6. The van der Waals surface area contributed by atoms with Gasteiger partial charge in [0, 0.05) is 16.0 Å². The predicted octanol–water partition coefficient (Wildman–Crippen LogP) is 8.35. The van der Waals surface area contributed by atoms with E-state index < -0.39 is 0 Å². The van der Waals surface area contributed by atoms with Crippen LogP contribution in [0.5, 0.6) is 17.2 Å². The fourth-order valence-electron chi connectivity index (χ4n) is 4.25. The van der Waals surface area contributed by atoms with E-state index in [1.807, 2.05) is 79.7 Å². The van der Waals surface area contributed by atoms with Crippen LogP contribution in [0, 0.1) is 0 Å². The Kier molecular flexibility index (Phi) is 8.99. The number of carbonyl (C=O) groups excluding carboxylic acids is 2. The van der Waals surface area contributed by atoms with E-state index in [2.05, 4.69) is 15.9 Å². The highest BCUT2D eigenvalue weighted by molar-refractivity contribution is 9.10. The maximum atomic E-state index is 13.1. The quantitative estimate of drug-likeness (QED) is 0.163. The van der Waals surface area contributed by atoms with Gasteiger partial charge in [-0.3, -0.25) is 14.5 Å². The first kappa shape index (κ1) is 28.1. The zero-order valence-electron chi connectivity index (χ0n) is 21.6. The third kappa shape index (κ3) is 6.30. The Bertz CT molecular complexity index is 1600. The second kappa shape index (κ2) is 12.8. The van der Waals surface area contributed by atoms with E-state index in [1.165, 1.54) is 4.90 Å². The Hall–Kier alpha value is -3.46. The Morgan fingerprint density at radius 3 is 2.52 bits per heavy atom. The van der Waals surface area contributed by atoms with E-state index in [0.29, 0.717) is 43.8 Å². The van der Waals surface area contributed by atoms with Gasteiger partial charge < -0.3 is 14.2 Å². The summed E-state index contributed by atoms with van der Waals surface area (Å²) in [6.07, 6.45) is 1.68. The highest BCUT2D eigenvalue weighted by Gasteiger charge is 2.35. The molecule has 1 fully saturated rings. The molecule has 1 heterocycles. The fourth-order valence-corrected chi connectivity index (χ4v) is 5.88. The normalized spacial score (nSPS) is 14.3. The lowest BCUT2D eigenvalue weighted by molar-refractivity contribution is -0.123. The lowest BCUT2D eigenvalue weighted by atomic mass is 10.1. The van der Waals surface area contributed by atoms with Crippen LogP contribution in [-0.2, 0) is 11.4 Å². The second-order valence-corrected chi connectivity index (χ2v) is 11.1. The van der Waals surface area contributed by atoms with E-state index in [-0.39, 0.29) is 30.9 Å². The van der Waals surface area contributed by atoms with Crippen LogP contribution < -0.4 is 14.2 Å². The standard InChI is InChI=1S/C31H25BrClNO5S/c1-2-37-27-17-20(16-24(32)29(27)39-19-22-9-4-6-12-25(22)33)18-28-30(35)34(31(36)40-28)14-15-38-26-13-7-10-21-8-3-5-11-23(21)26/h3-13,16-18H,2,14-15,19H2,1H3/b28-18-. The number of benzene rings is 4. The summed E-state index contributed by atoms with van der Waals surface area (Å²) in [5.74, 6) is 1.39. The third-order valence-corrected chi connectivity index (χ3v) is 8.02. The van der Waals surface area contributed by atoms with Gasteiger partial charge in [0.15, 0.2) is 11.5 Å². The molecule has 40 heavy (non-hydrogen) atoms. The molecule has 0 saturated carbocycles. The molecule has 6 nitrogen and oxygen atoms in total. The van der Waals surface area contributed by atoms with Gasteiger partial charge in [-0.25, -0.2) is 0 Å². The highest BCUT2D eigenvalue weighted by Crippen LogP contribution is 2.40. The second-order valence-electron chi connectivity index (χ2n) is 8.80. The number of fused-ring (bicyclic) bond motifs is 1. The molecular formula is C31H25BrClNO5S. The van der Waals surface area contributed by atoms with Crippen LogP contribution in [0.2, 0.25) is 5.02 Å². The zero-order chi connectivity index (χ0) is 28.1. The molecule has 2 amide bonds. The number of halogens is 2. The van der Waals surface area contributed by atoms with Crippen LogP contribution >= 0.6 is 39.3 Å². The zero-order valence-corrected chi connectivity index (χ0v) is 24.7. The molecule has 0 radical (unpaired) electrons. The minimum atomic E-state index is -0.357. The van der Waals surface area contributed by atoms with Gasteiger partial charge in [0.05, 0.1) is 22.5 Å². The number of rotatable bonds is 10. The van der Waals surface area contributed by atoms with Crippen molar-refractivity contribution in [2.75, 3.05) is 19.8 Å². The molecule has 5 rings (SSSR count). The van der Waals surface area contributed by atoms with Crippen LogP contribution in [0.1, 0.15) is 18.1 Å². The van der Waals surface area contributed by atoms with Crippen LogP contribution in [0.3, 0.4) is 0 Å². The van der Waals surface area contributed by atoms with Gasteiger partial charge >= 0.3 is 0 Å². The predicted molar refractivity (Wildman–Crippen MR) is 163 cm³/mol. The Balaban J connectivity index is 1.28. The molecule has 0 aliphatic carbocycles. The first-order valence-electron chi connectivity index (χ1n) is 12.6. The van der Waals surface area contributed by atoms with Crippen LogP contribution in [-0.4, -0.2) is 35.8 Å². The van der Waals surface area contributed by atoms with Crippen molar-refractivity contribution < 1.29 is 23.8 Å². The van der Waals surface area contributed by atoms with Gasteiger partial charge in [0.2, 0.25) is 0 Å². The van der Waals surface area contributed by atoms with E-state index in [4.69, 9.17) is 25.8 Å². The Labute approximate surface area is 250 Å². The van der Waals surface area contributed by atoms with Crippen molar-refractivity contribution >= 4 is 67.3 Å². The molecule has 4 aromatic carbocycles. The van der Waals surface area contributed by atoms with Crippen LogP contribution in [0.4, 0.5) is 4.79 Å². The Morgan fingerprint density at radius 1 is 0.925 bits per heavy atom. The number of imide groups is 1. The summed E-state index contributed by atoms with van der Waals surface area (Å²) >= 11 is 10.7. The minimum absolute atomic E-state index is 0.147. The molecule has 0 atom stereocenters. The lowest BCUT2D eigenvalue weighted by Gasteiger charge is -2.15. The fraction of sp³-hybridized carbons (Fsp3) is 0.161. The number of nitrogens with zero attached hydrogens (tertiary/aromatic N) is 1. The molecule has 4 aromatic rings. The van der Waals surface area contributed by atoms with Gasteiger partial charge in [0.1, 0.15) is 19.0 Å². The molecule has 0 bridgehead atoms. The van der Waals surface area contributed by atoms with E-state index in [9.17, 15) is 9.59 Å². The number of amides is 2. The molecule has 0 unspecified atom stereocenters. The summed E-state index contributed by atoms with van der Waals surface area (Å²) < 4.78 is 18.5. The van der Waals surface area contributed by atoms with Crippen molar-refractivity contribution in [1.82, 2.24) is 4.90 Å². The van der Waals surface area contributed by atoms with E-state index in [0.717, 1.165) is 28.1 Å². The number of thioether (sulfide) groups is 1. The number of ether oxygens (including phenoxy) is 3. The van der Waals surface area contributed by atoms with Gasteiger partial charge in [-0.2, -0.15) is 0 Å². The van der Waals surface area contributed by atoms with Crippen molar-refractivity contribution in [3.63, 3.8) is 0 Å². The molecule has 1 aliphatic heterocycles. The molecule has 0 aromatic heterocycles. The van der Waals surface area contributed by atoms with Gasteiger partial charge in [-0.15, -0.1) is 0 Å². The molecule has 204 valence electrons. The average molecular weight is 639 g/mol. The number of carbonyl (C=O) groups is 2. The summed E-state index contributed by atoms with van der Waals surface area (Å²) in [5, 5.41) is 2.33. The van der Waals surface area contributed by atoms with Crippen LogP contribution in [0.25, 0.3) is 16.8 Å². The summed E-state index contributed by atoms with van der Waals surface area (Å²) in [4.78, 5) is 27.3. The highest BCUT2D eigenvalue weighted by atomic mass is 79.9. The monoisotopic (exact) mass is 637 g/mol. The van der Waals surface area contributed by atoms with Gasteiger partial charge in [-0.1, -0.05) is 66.2 Å². The first-order chi connectivity index (χ1) is 19.4. The van der Waals surface area contributed by atoms with Crippen LogP contribution in [0.15, 0.2) is 88.2 Å². The van der Waals surface area contributed by atoms with E-state index in [1.54, 1.807) is 12.1 Å². The summed E-state index contributed by atoms with van der Waals surface area (Å²) in [6.45, 7) is 2.90. The number of hydrogen-bond donors (Lipinski definition) is 0. The van der Waals surface area contributed by atoms with Crippen molar-refractivity contribution in [2.45, 2.75) is 13.5 Å². The largest absolute Gasteiger partial charge is 0.491 e. The van der Waals surface area contributed by atoms with E-state index >= 15 is 0 Å². The number of hydrogen-bond acceptors (Lipinski definition) is 6. The molecular weight excluding hydrogens is 614 g/mol. The average Bonchev–Trinajstić information content (AvgIpc) is 3.21. The molecule has 0 spiro atoms. The van der Waals surface area contributed by atoms with Gasteiger partial charge in [0.25, 0.3) is 11.1 Å². The third-order valence-electron chi connectivity index (χ3n) is 6.15. The van der Waals surface area contributed by atoms with Crippen molar-refractivity contribution in [3.8, 4) is 17.2 Å². The smallest absolute Gasteiger partial charge is 0.293 e. The topological polar surface area (TPSA) is 65.1 Å². The summed E-state index contributed by atoms with van der Waals surface area (Å²) in [6, 6.07) is 24.8. The van der Waals surface area contributed by atoms with Crippen molar-refractivity contribution in [3.05, 3.63) is 104 Å². The molecule has 1 saturated heterocycles. The van der Waals surface area contributed by atoms with Crippen molar-refractivity contribution in [1.29, 1.82) is 0 Å². The van der Waals surface area contributed by atoms with Crippen molar-refractivity contribution in [2.24, 2.45) is 0 Å². The molecule has 0 N–H and O–H groups in total. The minimum Gasteiger partial charge on any atom is -0.491 e. The summed E-state index contributed by atoms with van der Waals surface area (Å²) in [7, 11) is 0. The van der Waals surface area contributed by atoms with Gasteiger partial charge in [-0.05, 0) is 75.9 Å².